The van der Waals surface area contributed by atoms with Crippen molar-refractivity contribution in [1.29, 1.82) is 5.26 Å². The van der Waals surface area contributed by atoms with Crippen molar-refractivity contribution in [1.82, 2.24) is 14.5 Å². The molecule has 0 unspecified atom stereocenters. The summed E-state index contributed by atoms with van der Waals surface area (Å²) in [5, 5.41) is 12.2. The molecule has 0 radical (unpaired) electrons. The number of piperazine rings is 1. The summed E-state index contributed by atoms with van der Waals surface area (Å²) in [6.07, 6.45) is 1.93. The maximum atomic E-state index is 12.8. The molecule has 9 heteroatoms. The molecule has 1 N–H and O–H groups in total. The average molecular weight is 421 g/mol. The zero-order valence-corrected chi connectivity index (χ0v) is 17.7. The molecule has 29 heavy (non-hydrogen) atoms. The Kier molecular flexibility index (Phi) is 6.46. The maximum Gasteiger partial charge on any atom is 0.243 e. The fourth-order valence-electron chi connectivity index (χ4n) is 3.57. The molecule has 1 aromatic rings. The Hall–Kier alpha value is -2.15. The summed E-state index contributed by atoms with van der Waals surface area (Å²) in [5.74, 6) is 0.675. The van der Waals surface area contributed by atoms with Crippen LogP contribution in [0.2, 0.25) is 0 Å². The van der Waals surface area contributed by atoms with E-state index in [1.165, 1.54) is 4.31 Å². The van der Waals surface area contributed by atoms with Gasteiger partial charge in [-0.2, -0.15) is 9.57 Å². The van der Waals surface area contributed by atoms with Gasteiger partial charge in [-0.25, -0.2) is 8.42 Å². The third-order valence-corrected chi connectivity index (χ3v) is 7.41. The van der Waals surface area contributed by atoms with Gasteiger partial charge in [0.2, 0.25) is 15.9 Å². The highest BCUT2D eigenvalue weighted by atomic mass is 32.2. The van der Waals surface area contributed by atoms with Crippen molar-refractivity contribution in [2.75, 3.05) is 39.3 Å². The van der Waals surface area contributed by atoms with Crippen LogP contribution in [0.25, 0.3) is 0 Å². The molecule has 1 amide bonds. The molecule has 8 nitrogen and oxygen atoms in total. The molecule has 1 atom stereocenters. The first-order valence-corrected chi connectivity index (χ1v) is 11.4. The van der Waals surface area contributed by atoms with E-state index in [1.54, 1.807) is 31.2 Å². The molecule has 0 spiro atoms. The predicted octanol–water partition coefficient (Wildman–Crippen LogP) is 1.20. The number of nitrogens with one attached hydrogen (secondary N) is 1. The lowest BCUT2D eigenvalue weighted by Crippen LogP contribution is -2.54. The number of benzene rings is 1. The summed E-state index contributed by atoms with van der Waals surface area (Å²) in [4.78, 5) is 14.5. The minimum Gasteiger partial charge on any atom is -0.494 e. The Balaban J connectivity index is 1.53. The number of sulfonamides is 1. The molecule has 158 valence electrons. The van der Waals surface area contributed by atoms with Crippen molar-refractivity contribution in [2.45, 2.75) is 37.1 Å². The van der Waals surface area contributed by atoms with E-state index in [-0.39, 0.29) is 23.3 Å². The van der Waals surface area contributed by atoms with Crippen molar-refractivity contribution in [3.05, 3.63) is 24.3 Å². The molecule has 2 fully saturated rings. The molecular weight excluding hydrogens is 392 g/mol. The smallest absolute Gasteiger partial charge is 0.243 e. The highest BCUT2D eigenvalue weighted by Gasteiger charge is 2.43. The van der Waals surface area contributed by atoms with Crippen molar-refractivity contribution >= 4 is 15.9 Å². The predicted molar refractivity (Wildman–Crippen MR) is 108 cm³/mol. The third kappa shape index (κ3) is 5.07. The molecule has 2 aliphatic rings. The monoisotopic (exact) mass is 420 g/mol. The van der Waals surface area contributed by atoms with Crippen molar-refractivity contribution in [2.24, 2.45) is 5.92 Å². The maximum absolute atomic E-state index is 12.8. The lowest BCUT2D eigenvalue weighted by atomic mass is 9.98. The number of rotatable bonds is 8. The van der Waals surface area contributed by atoms with Gasteiger partial charge in [-0.15, -0.1) is 0 Å². The lowest BCUT2D eigenvalue weighted by molar-refractivity contribution is -0.123. The molecule has 0 bridgehead atoms. The SMILES string of the molecule is CCOc1ccc(S(=O)(=O)N2CCN(CC(=O)N[C@@](C)(C#N)C3CC3)CC2)cc1. The van der Waals surface area contributed by atoms with Crippen LogP contribution < -0.4 is 10.1 Å². The van der Waals surface area contributed by atoms with Crippen LogP contribution in [0.5, 0.6) is 5.75 Å². The van der Waals surface area contributed by atoms with Gasteiger partial charge in [0, 0.05) is 26.2 Å². The van der Waals surface area contributed by atoms with Crippen LogP contribution in [0.15, 0.2) is 29.2 Å². The van der Waals surface area contributed by atoms with E-state index in [9.17, 15) is 18.5 Å². The number of carbonyl (C=O) groups is 1. The average Bonchev–Trinajstić information content (AvgIpc) is 3.55. The van der Waals surface area contributed by atoms with E-state index < -0.39 is 15.6 Å². The Morgan fingerprint density at radius 2 is 1.86 bits per heavy atom. The van der Waals surface area contributed by atoms with Gasteiger partial charge in [-0.3, -0.25) is 9.69 Å². The van der Waals surface area contributed by atoms with Crippen LogP contribution in [0.4, 0.5) is 0 Å². The van der Waals surface area contributed by atoms with Gasteiger partial charge in [-0.1, -0.05) is 0 Å². The number of ether oxygens (including phenoxy) is 1. The Morgan fingerprint density at radius 3 is 2.38 bits per heavy atom. The second kappa shape index (κ2) is 8.69. The number of hydrogen-bond donors (Lipinski definition) is 1. The minimum absolute atomic E-state index is 0.168. The Bertz CT molecular complexity index is 869. The molecule has 1 saturated heterocycles. The number of nitriles is 1. The fourth-order valence-corrected chi connectivity index (χ4v) is 4.99. The summed E-state index contributed by atoms with van der Waals surface area (Å²) >= 11 is 0. The van der Waals surface area contributed by atoms with Crippen LogP contribution in [0.1, 0.15) is 26.7 Å². The van der Waals surface area contributed by atoms with Gasteiger partial charge in [-0.05, 0) is 56.9 Å². The van der Waals surface area contributed by atoms with Crippen LogP contribution in [-0.4, -0.2) is 68.4 Å². The van der Waals surface area contributed by atoms with Crippen molar-refractivity contribution in [3.8, 4) is 11.8 Å². The molecule has 3 rings (SSSR count). The first kappa shape index (κ1) is 21.6. The summed E-state index contributed by atoms with van der Waals surface area (Å²) < 4.78 is 32.5. The molecule has 1 aliphatic heterocycles. The van der Waals surface area contributed by atoms with Gasteiger partial charge >= 0.3 is 0 Å². The van der Waals surface area contributed by atoms with E-state index >= 15 is 0 Å². The van der Waals surface area contributed by atoms with Crippen LogP contribution in [-0.2, 0) is 14.8 Å². The number of carbonyl (C=O) groups excluding carboxylic acids is 1. The summed E-state index contributed by atoms with van der Waals surface area (Å²) in [6, 6.07) is 8.64. The van der Waals surface area contributed by atoms with E-state index in [2.05, 4.69) is 11.4 Å². The molecular formula is C20H28N4O4S. The van der Waals surface area contributed by atoms with Crippen LogP contribution >= 0.6 is 0 Å². The highest BCUT2D eigenvalue weighted by molar-refractivity contribution is 7.89. The normalized spacial score (nSPS) is 20.4. The topological polar surface area (TPSA) is 103 Å². The quantitative estimate of drug-likeness (QED) is 0.678. The molecule has 0 aromatic heterocycles. The van der Waals surface area contributed by atoms with Gasteiger partial charge < -0.3 is 10.1 Å². The number of nitrogens with zero attached hydrogens (tertiary/aromatic N) is 3. The number of amides is 1. The van der Waals surface area contributed by atoms with Crippen molar-refractivity contribution in [3.63, 3.8) is 0 Å². The van der Waals surface area contributed by atoms with E-state index in [0.717, 1.165) is 12.8 Å². The highest BCUT2D eigenvalue weighted by Crippen LogP contribution is 2.39. The Morgan fingerprint density at radius 1 is 1.24 bits per heavy atom. The van der Waals surface area contributed by atoms with Gasteiger partial charge in [0.05, 0.1) is 24.1 Å². The first-order chi connectivity index (χ1) is 13.8. The number of hydrogen-bond acceptors (Lipinski definition) is 6. The summed E-state index contributed by atoms with van der Waals surface area (Å²) in [6.45, 7) is 5.91. The van der Waals surface area contributed by atoms with Crippen LogP contribution in [0.3, 0.4) is 0 Å². The van der Waals surface area contributed by atoms with Gasteiger partial charge in [0.1, 0.15) is 11.3 Å². The second-order valence-electron chi connectivity index (χ2n) is 7.72. The van der Waals surface area contributed by atoms with Gasteiger partial charge in [0.15, 0.2) is 0 Å². The van der Waals surface area contributed by atoms with E-state index in [0.29, 0.717) is 38.5 Å². The zero-order chi connectivity index (χ0) is 21.1. The molecule has 1 aliphatic carbocycles. The van der Waals surface area contributed by atoms with Gasteiger partial charge in [0.25, 0.3) is 0 Å². The Labute approximate surface area is 172 Å². The molecule has 1 heterocycles. The summed E-state index contributed by atoms with van der Waals surface area (Å²) in [5.41, 5.74) is -0.810. The second-order valence-corrected chi connectivity index (χ2v) is 9.66. The lowest BCUT2D eigenvalue weighted by Gasteiger charge is -2.34. The zero-order valence-electron chi connectivity index (χ0n) is 16.9. The first-order valence-electron chi connectivity index (χ1n) is 9.96. The standard InChI is InChI=1S/C20H28N4O4S/c1-3-28-17-6-8-18(9-7-17)29(26,27)24-12-10-23(11-13-24)14-19(25)22-20(2,15-21)16-4-5-16/h6-9,16H,3-5,10-14H2,1-2H3,(H,22,25)/t20-/m0/s1. The summed E-state index contributed by atoms with van der Waals surface area (Å²) in [7, 11) is -3.57. The molecule has 1 saturated carbocycles. The van der Waals surface area contributed by atoms with E-state index in [4.69, 9.17) is 4.74 Å². The fraction of sp³-hybridized carbons (Fsp3) is 0.600. The minimum atomic E-state index is -3.57. The van der Waals surface area contributed by atoms with Crippen LogP contribution in [0, 0.1) is 17.2 Å². The van der Waals surface area contributed by atoms with Crippen molar-refractivity contribution < 1.29 is 17.9 Å². The third-order valence-electron chi connectivity index (χ3n) is 5.50. The largest absolute Gasteiger partial charge is 0.494 e. The molecule has 1 aromatic carbocycles. The van der Waals surface area contributed by atoms with E-state index in [1.807, 2.05) is 11.8 Å².